The highest BCUT2D eigenvalue weighted by molar-refractivity contribution is 5.45. The van der Waals surface area contributed by atoms with Gasteiger partial charge in [0.2, 0.25) is 0 Å². The minimum atomic E-state index is 0.0436. The number of benzene rings is 1. The Morgan fingerprint density at radius 2 is 2.00 bits per heavy atom. The first-order valence-electron chi connectivity index (χ1n) is 6.53. The van der Waals surface area contributed by atoms with Crippen LogP contribution in [0, 0.1) is 6.92 Å². The summed E-state index contributed by atoms with van der Waals surface area (Å²) in [6.07, 6.45) is 0. The Morgan fingerprint density at radius 1 is 1.25 bits per heavy atom. The monoisotopic (exact) mass is 275 g/mol. The van der Waals surface area contributed by atoms with Crippen LogP contribution in [-0.4, -0.2) is 30.5 Å². The molecule has 0 bridgehead atoms. The van der Waals surface area contributed by atoms with Crippen molar-refractivity contribution in [1.82, 2.24) is 9.78 Å². The van der Waals surface area contributed by atoms with Crippen LogP contribution in [0.3, 0.4) is 0 Å². The third-order valence-electron chi connectivity index (χ3n) is 3.45. The van der Waals surface area contributed by atoms with Gasteiger partial charge in [-0.05, 0) is 19.1 Å². The molecule has 1 atom stereocenters. The first-order valence-corrected chi connectivity index (χ1v) is 6.53. The molecule has 5 nitrogen and oxygen atoms in total. The molecular weight excluding hydrogens is 254 g/mol. The fraction of sp³-hybridized carbons (Fsp3) is 0.400. The zero-order valence-corrected chi connectivity index (χ0v) is 12.4. The number of aromatic nitrogens is 2. The summed E-state index contributed by atoms with van der Waals surface area (Å²) < 4.78 is 12.6. The van der Waals surface area contributed by atoms with E-state index < -0.39 is 0 Å². The smallest absolute Gasteiger partial charge is 0.126 e. The highest BCUT2D eigenvalue weighted by Crippen LogP contribution is 2.34. The third kappa shape index (κ3) is 2.63. The van der Waals surface area contributed by atoms with Gasteiger partial charge in [0, 0.05) is 36.8 Å². The SMILES string of the molecule is COc1ccc(C(CN)c2cc(C)nn2C)c(OC)c1. The molecule has 2 rings (SSSR count). The van der Waals surface area contributed by atoms with Gasteiger partial charge in [-0.25, -0.2) is 0 Å². The predicted molar refractivity (Wildman–Crippen MR) is 78.4 cm³/mol. The van der Waals surface area contributed by atoms with Gasteiger partial charge in [0.15, 0.2) is 0 Å². The van der Waals surface area contributed by atoms with E-state index in [-0.39, 0.29) is 5.92 Å². The molecular formula is C15H21N3O2. The van der Waals surface area contributed by atoms with E-state index in [9.17, 15) is 0 Å². The third-order valence-corrected chi connectivity index (χ3v) is 3.45. The molecule has 2 aromatic rings. The van der Waals surface area contributed by atoms with Crippen LogP contribution < -0.4 is 15.2 Å². The number of methoxy groups -OCH3 is 2. The van der Waals surface area contributed by atoms with Gasteiger partial charge in [0.1, 0.15) is 11.5 Å². The zero-order chi connectivity index (χ0) is 14.7. The minimum absolute atomic E-state index is 0.0436. The first-order chi connectivity index (χ1) is 9.60. The molecule has 0 spiro atoms. The van der Waals surface area contributed by atoms with Crippen LogP contribution in [0.1, 0.15) is 22.9 Å². The molecule has 20 heavy (non-hydrogen) atoms. The molecule has 1 unspecified atom stereocenters. The molecule has 0 fully saturated rings. The molecule has 0 radical (unpaired) electrons. The maximum Gasteiger partial charge on any atom is 0.126 e. The number of hydrogen-bond acceptors (Lipinski definition) is 4. The van der Waals surface area contributed by atoms with E-state index in [4.69, 9.17) is 15.2 Å². The fourth-order valence-corrected chi connectivity index (χ4v) is 2.47. The number of ether oxygens (including phenoxy) is 2. The minimum Gasteiger partial charge on any atom is -0.497 e. The van der Waals surface area contributed by atoms with E-state index >= 15 is 0 Å². The molecule has 1 aromatic heterocycles. The number of rotatable bonds is 5. The highest BCUT2D eigenvalue weighted by Gasteiger charge is 2.21. The van der Waals surface area contributed by atoms with Crippen molar-refractivity contribution >= 4 is 0 Å². The Morgan fingerprint density at radius 3 is 2.50 bits per heavy atom. The maximum absolute atomic E-state index is 5.98. The van der Waals surface area contributed by atoms with Gasteiger partial charge in [0.25, 0.3) is 0 Å². The second kappa shape index (κ2) is 5.96. The average Bonchev–Trinajstić information content (AvgIpc) is 2.79. The Bertz CT molecular complexity index is 593. The van der Waals surface area contributed by atoms with Crippen molar-refractivity contribution < 1.29 is 9.47 Å². The van der Waals surface area contributed by atoms with Gasteiger partial charge in [0.05, 0.1) is 19.9 Å². The van der Waals surface area contributed by atoms with Gasteiger partial charge in [-0.1, -0.05) is 6.07 Å². The lowest BCUT2D eigenvalue weighted by Crippen LogP contribution is -2.17. The van der Waals surface area contributed by atoms with E-state index in [2.05, 4.69) is 11.2 Å². The van der Waals surface area contributed by atoms with Gasteiger partial charge in [-0.2, -0.15) is 5.10 Å². The van der Waals surface area contributed by atoms with Crippen LogP contribution in [0.2, 0.25) is 0 Å². The standard InChI is InChI=1S/C15H21N3O2/c1-10-7-14(18(2)17-10)13(9-16)12-6-5-11(19-3)8-15(12)20-4/h5-8,13H,9,16H2,1-4H3. The van der Waals surface area contributed by atoms with Crippen LogP contribution >= 0.6 is 0 Å². The van der Waals surface area contributed by atoms with Crippen LogP contribution in [0.25, 0.3) is 0 Å². The summed E-state index contributed by atoms with van der Waals surface area (Å²) in [5, 5.41) is 4.39. The summed E-state index contributed by atoms with van der Waals surface area (Å²) in [6.45, 7) is 2.46. The number of hydrogen-bond donors (Lipinski definition) is 1. The number of nitrogens with two attached hydrogens (primary N) is 1. The van der Waals surface area contributed by atoms with Crippen molar-refractivity contribution in [2.45, 2.75) is 12.8 Å². The molecule has 108 valence electrons. The van der Waals surface area contributed by atoms with Gasteiger partial charge < -0.3 is 15.2 Å². The van der Waals surface area contributed by atoms with Crippen molar-refractivity contribution in [2.75, 3.05) is 20.8 Å². The second-order valence-corrected chi connectivity index (χ2v) is 4.73. The summed E-state index contributed by atoms with van der Waals surface area (Å²) in [6, 6.07) is 7.85. The lowest BCUT2D eigenvalue weighted by atomic mass is 9.94. The Labute approximate surface area is 119 Å². The lowest BCUT2D eigenvalue weighted by molar-refractivity contribution is 0.389. The van der Waals surface area contributed by atoms with Crippen LogP contribution in [0.5, 0.6) is 11.5 Å². The van der Waals surface area contributed by atoms with Crippen molar-refractivity contribution in [2.24, 2.45) is 12.8 Å². The second-order valence-electron chi connectivity index (χ2n) is 4.73. The molecule has 5 heteroatoms. The average molecular weight is 275 g/mol. The molecule has 1 heterocycles. The van der Waals surface area contributed by atoms with E-state index in [1.54, 1.807) is 14.2 Å². The fourth-order valence-electron chi connectivity index (χ4n) is 2.47. The van der Waals surface area contributed by atoms with Crippen LogP contribution in [0.15, 0.2) is 24.3 Å². The zero-order valence-electron chi connectivity index (χ0n) is 12.4. The van der Waals surface area contributed by atoms with Crippen molar-refractivity contribution in [1.29, 1.82) is 0 Å². The van der Waals surface area contributed by atoms with E-state index in [1.165, 1.54) is 0 Å². The Kier molecular flexibility index (Phi) is 4.29. The number of aryl methyl sites for hydroxylation is 2. The lowest BCUT2D eigenvalue weighted by Gasteiger charge is -2.19. The summed E-state index contributed by atoms with van der Waals surface area (Å²) in [4.78, 5) is 0. The Balaban J connectivity index is 2.49. The molecule has 0 aliphatic heterocycles. The van der Waals surface area contributed by atoms with Crippen LogP contribution in [0.4, 0.5) is 0 Å². The molecule has 0 amide bonds. The maximum atomic E-state index is 5.98. The molecule has 2 N–H and O–H groups in total. The number of nitrogens with zero attached hydrogens (tertiary/aromatic N) is 2. The molecule has 0 aliphatic carbocycles. The molecule has 1 aromatic carbocycles. The topological polar surface area (TPSA) is 62.3 Å². The molecule has 0 saturated heterocycles. The van der Waals surface area contributed by atoms with Gasteiger partial charge in [-0.3, -0.25) is 4.68 Å². The molecule has 0 aliphatic rings. The largest absolute Gasteiger partial charge is 0.497 e. The van der Waals surface area contributed by atoms with Crippen molar-refractivity contribution in [3.8, 4) is 11.5 Å². The van der Waals surface area contributed by atoms with Gasteiger partial charge >= 0.3 is 0 Å². The molecule has 0 saturated carbocycles. The van der Waals surface area contributed by atoms with E-state index in [0.717, 1.165) is 28.5 Å². The highest BCUT2D eigenvalue weighted by atomic mass is 16.5. The summed E-state index contributed by atoms with van der Waals surface area (Å²) >= 11 is 0. The van der Waals surface area contributed by atoms with E-state index in [1.807, 2.05) is 36.9 Å². The summed E-state index contributed by atoms with van der Waals surface area (Å²) in [5.74, 6) is 1.59. The van der Waals surface area contributed by atoms with Gasteiger partial charge in [-0.15, -0.1) is 0 Å². The summed E-state index contributed by atoms with van der Waals surface area (Å²) in [5.41, 5.74) is 9.08. The summed E-state index contributed by atoms with van der Waals surface area (Å²) in [7, 11) is 5.22. The van der Waals surface area contributed by atoms with Crippen molar-refractivity contribution in [3.63, 3.8) is 0 Å². The first kappa shape index (κ1) is 14.4. The normalized spacial score (nSPS) is 12.2. The van der Waals surface area contributed by atoms with E-state index in [0.29, 0.717) is 6.54 Å². The van der Waals surface area contributed by atoms with Crippen molar-refractivity contribution in [3.05, 3.63) is 41.2 Å². The Hall–Kier alpha value is -2.01. The quantitative estimate of drug-likeness (QED) is 0.904. The predicted octanol–water partition coefficient (Wildman–Crippen LogP) is 1.84. The van der Waals surface area contributed by atoms with Crippen LogP contribution in [-0.2, 0) is 7.05 Å².